The van der Waals surface area contributed by atoms with Gasteiger partial charge in [-0.1, -0.05) is 129 Å². The topological polar surface area (TPSA) is 80.3 Å². The number of hydrogen-bond donors (Lipinski definition) is 0. The summed E-state index contributed by atoms with van der Waals surface area (Å²) in [7, 11) is -0.237. The molecule has 6 rings (SSSR count). The van der Waals surface area contributed by atoms with Gasteiger partial charge in [-0.05, 0) is 135 Å². The fourth-order valence-corrected chi connectivity index (χ4v) is 17.3. The summed E-state index contributed by atoms with van der Waals surface area (Å²) in [6.45, 7) is 6.88. The fourth-order valence-electron chi connectivity index (χ4n) is 9.21. The molecule has 4 saturated carbocycles. The van der Waals surface area contributed by atoms with Crippen LogP contribution in [0, 0.1) is 13.8 Å². The van der Waals surface area contributed by atoms with Gasteiger partial charge in [-0.15, -0.1) is 0 Å². The summed E-state index contributed by atoms with van der Waals surface area (Å²) in [6.07, 6.45) is 29.6. The third-order valence-corrected chi connectivity index (χ3v) is 18.3. The summed E-state index contributed by atoms with van der Waals surface area (Å²) in [5.41, 5.74) is 10.4. The Morgan fingerprint density at radius 3 is 0.939 bits per heavy atom. The van der Waals surface area contributed by atoms with Crippen LogP contribution in [0.15, 0.2) is 36.4 Å². The predicted octanol–water partition coefficient (Wildman–Crippen LogP) is 9.03. The first-order chi connectivity index (χ1) is 23.2. The molecule has 272 valence electrons. The Kier molecular flexibility index (Phi) is 19.0. The number of carboxylic acid groups (broad SMARTS) is 2. The zero-order valence-corrected chi connectivity index (χ0v) is 34.3. The van der Waals surface area contributed by atoms with Gasteiger partial charge >= 0.3 is 19.5 Å². The van der Waals surface area contributed by atoms with Crippen LogP contribution in [-0.2, 0) is 29.1 Å². The molecular weight excluding hydrogens is 731 g/mol. The van der Waals surface area contributed by atoms with Gasteiger partial charge in [-0.3, -0.25) is 0 Å². The van der Waals surface area contributed by atoms with Crippen LogP contribution in [0.25, 0.3) is 11.1 Å². The number of rotatable bonds is 7. The molecule has 7 heteroatoms. The molecule has 49 heavy (non-hydrogen) atoms. The van der Waals surface area contributed by atoms with Gasteiger partial charge in [0.2, 0.25) is 0 Å². The van der Waals surface area contributed by atoms with Crippen LogP contribution in [0.1, 0.15) is 153 Å². The van der Waals surface area contributed by atoms with Crippen LogP contribution < -0.4 is 20.8 Å². The Hall–Kier alpha value is -1.14. The molecular formula is C42H62O4P2Ru. The van der Waals surface area contributed by atoms with Gasteiger partial charge in [-0.25, -0.2) is 0 Å². The number of benzene rings is 2. The molecule has 0 heterocycles. The molecule has 0 unspecified atom stereocenters. The first-order valence-electron chi connectivity index (χ1n) is 19.3. The SMILES string of the molecule is CC(=O)[O-].CC(=O)[O-].Cc1cccc(P(C2CCCCC2)C2CCCCC2)c1-c1c(C)cccc1P(C1CCCCC1)C1CCCCC1.[Ru+2]. The van der Waals surface area contributed by atoms with Crippen molar-refractivity contribution in [2.75, 3.05) is 0 Å². The van der Waals surface area contributed by atoms with E-state index in [-0.39, 0.29) is 35.3 Å². The van der Waals surface area contributed by atoms with Crippen molar-refractivity contribution < 1.29 is 39.3 Å². The summed E-state index contributed by atoms with van der Waals surface area (Å²) < 4.78 is 0. The minimum absolute atomic E-state index is 0. The van der Waals surface area contributed by atoms with Gasteiger partial charge in [0.15, 0.2) is 0 Å². The van der Waals surface area contributed by atoms with E-state index in [0.717, 1.165) is 36.5 Å². The second-order valence-electron chi connectivity index (χ2n) is 14.9. The zero-order chi connectivity index (χ0) is 34.5. The summed E-state index contributed by atoms with van der Waals surface area (Å²) >= 11 is 0. The Balaban J connectivity index is 0.000000654. The quantitative estimate of drug-likeness (QED) is 0.207. The molecule has 0 radical (unpaired) electrons. The second kappa shape index (κ2) is 22.0. The van der Waals surface area contributed by atoms with Crippen molar-refractivity contribution in [1.29, 1.82) is 0 Å². The molecule has 4 fully saturated rings. The third kappa shape index (κ3) is 12.5. The first kappa shape index (κ1) is 42.3. The molecule has 0 amide bonds. The van der Waals surface area contributed by atoms with Crippen molar-refractivity contribution in [2.24, 2.45) is 0 Å². The van der Waals surface area contributed by atoms with Gasteiger partial charge in [0.25, 0.3) is 0 Å². The average Bonchev–Trinajstić information content (AvgIpc) is 3.07. The van der Waals surface area contributed by atoms with Gasteiger partial charge in [0.05, 0.1) is 0 Å². The zero-order valence-electron chi connectivity index (χ0n) is 30.8. The van der Waals surface area contributed by atoms with Gasteiger partial charge in [0.1, 0.15) is 0 Å². The standard InChI is InChI=1S/C38H56P2.2C2H4O2.Ru/c1-29-17-15-27-35(39(31-19-7-3-8-20-31)32-21-9-4-10-22-32)37(29)38-30(2)18-16-28-36(38)40(33-23-11-5-12-24-33)34-25-13-6-14-26-34;2*1-2(3)4;/h15-18,27-28,31-34H,3-14,19-26H2,1-2H3;2*1H3,(H,3,4);/q;;;+2/p-2. The maximum Gasteiger partial charge on any atom is 2.00 e. The van der Waals surface area contributed by atoms with E-state index in [9.17, 15) is 0 Å². The number of carbonyl (C=O) groups excluding carboxylic acids is 2. The molecule has 0 aromatic heterocycles. The van der Waals surface area contributed by atoms with Crippen LogP contribution in [-0.4, -0.2) is 34.6 Å². The molecule has 0 aliphatic heterocycles. The predicted molar refractivity (Wildman–Crippen MR) is 203 cm³/mol. The summed E-state index contributed by atoms with van der Waals surface area (Å²) in [5.74, 6) is -2.17. The molecule has 0 bridgehead atoms. The minimum atomic E-state index is -1.08. The van der Waals surface area contributed by atoms with Crippen molar-refractivity contribution in [3.8, 4) is 11.1 Å². The molecule has 0 spiro atoms. The third-order valence-electron chi connectivity index (χ3n) is 11.2. The smallest absolute Gasteiger partial charge is 0.550 e. The molecule has 2 aromatic rings. The average molecular weight is 794 g/mol. The Bertz CT molecular complexity index is 1150. The summed E-state index contributed by atoms with van der Waals surface area (Å²) in [6, 6.07) is 15.1. The minimum Gasteiger partial charge on any atom is -0.550 e. The van der Waals surface area contributed by atoms with Crippen molar-refractivity contribution >= 4 is 38.4 Å². The van der Waals surface area contributed by atoms with Crippen molar-refractivity contribution in [3.05, 3.63) is 47.5 Å². The molecule has 0 N–H and O–H groups in total. The summed E-state index contributed by atoms with van der Waals surface area (Å²) in [4.78, 5) is 17.8. The number of hydrogen-bond acceptors (Lipinski definition) is 4. The largest absolute Gasteiger partial charge is 2.00 e. The van der Waals surface area contributed by atoms with E-state index in [1.807, 2.05) is 10.6 Å². The van der Waals surface area contributed by atoms with Crippen LogP contribution in [0.2, 0.25) is 0 Å². The van der Waals surface area contributed by atoms with Crippen molar-refractivity contribution in [2.45, 2.75) is 179 Å². The fraction of sp³-hybridized carbons (Fsp3) is 0.667. The molecule has 0 atom stereocenters. The Morgan fingerprint density at radius 2 is 0.714 bits per heavy atom. The normalized spacial score (nSPS) is 19.6. The monoisotopic (exact) mass is 794 g/mol. The van der Waals surface area contributed by atoms with E-state index in [1.165, 1.54) is 128 Å². The van der Waals surface area contributed by atoms with Crippen molar-refractivity contribution in [3.63, 3.8) is 0 Å². The van der Waals surface area contributed by atoms with Crippen LogP contribution in [0.3, 0.4) is 0 Å². The molecule has 2 aromatic carbocycles. The van der Waals surface area contributed by atoms with E-state index in [1.54, 1.807) is 22.3 Å². The Morgan fingerprint density at radius 1 is 0.490 bits per heavy atom. The first-order valence-corrected chi connectivity index (χ1v) is 22.3. The maximum absolute atomic E-state index is 8.89. The molecule has 4 nitrogen and oxygen atoms in total. The van der Waals surface area contributed by atoms with E-state index in [0.29, 0.717) is 0 Å². The number of carbonyl (C=O) groups is 2. The molecule has 0 saturated heterocycles. The number of aryl methyl sites for hydroxylation is 2. The molecule has 4 aliphatic rings. The summed E-state index contributed by atoms with van der Waals surface area (Å²) in [5, 5.41) is 21.4. The van der Waals surface area contributed by atoms with Crippen LogP contribution in [0.5, 0.6) is 0 Å². The van der Waals surface area contributed by atoms with Crippen LogP contribution >= 0.6 is 15.8 Å². The van der Waals surface area contributed by atoms with E-state index in [2.05, 4.69) is 50.2 Å². The van der Waals surface area contributed by atoms with Gasteiger partial charge in [0, 0.05) is 11.9 Å². The number of carboxylic acids is 2. The van der Waals surface area contributed by atoms with Gasteiger partial charge in [-0.2, -0.15) is 0 Å². The van der Waals surface area contributed by atoms with Crippen molar-refractivity contribution in [1.82, 2.24) is 0 Å². The molecule has 4 aliphatic carbocycles. The van der Waals surface area contributed by atoms with E-state index >= 15 is 0 Å². The van der Waals surface area contributed by atoms with E-state index in [4.69, 9.17) is 19.8 Å². The second-order valence-corrected chi connectivity index (χ2v) is 20.4. The van der Waals surface area contributed by atoms with E-state index < -0.39 is 11.9 Å². The number of aliphatic carboxylic acids is 2. The maximum atomic E-state index is 8.89. The van der Waals surface area contributed by atoms with Gasteiger partial charge < -0.3 is 19.8 Å². The Labute approximate surface area is 313 Å². The van der Waals surface area contributed by atoms with Crippen LogP contribution in [0.4, 0.5) is 0 Å².